The van der Waals surface area contributed by atoms with Crippen molar-refractivity contribution in [1.29, 1.82) is 0 Å². The van der Waals surface area contributed by atoms with E-state index in [9.17, 15) is 18.0 Å². The molecule has 0 bridgehead atoms. The lowest BCUT2D eigenvalue weighted by atomic mass is 10.0. The first-order chi connectivity index (χ1) is 21.2. The molecule has 1 aromatic carbocycles. The number of hydrogen-bond donors (Lipinski definition) is 1. The third-order valence-electron chi connectivity index (χ3n) is 7.62. The molecule has 0 unspecified atom stereocenters. The fourth-order valence-electron chi connectivity index (χ4n) is 5.23. The van der Waals surface area contributed by atoms with Gasteiger partial charge in [0.15, 0.2) is 6.61 Å². The van der Waals surface area contributed by atoms with Gasteiger partial charge in [0.1, 0.15) is 6.10 Å². The molecule has 0 atom stereocenters. The van der Waals surface area contributed by atoms with Gasteiger partial charge in [-0.15, -0.1) is 0 Å². The molecule has 3 aromatic rings. The monoisotopic (exact) mass is 642 g/mol. The molecule has 14 heteroatoms. The van der Waals surface area contributed by atoms with Crippen molar-refractivity contribution in [1.82, 2.24) is 24.6 Å². The van der Waals surface area contributed by atoms with Crippen LogP contribution in [-0.2, 0) is 30.8 Å². The zero-order chi connectivity index (χ0) is 31.1. The Bertz CT molecular complexity index is 1600. The Labute approximate surface area is 261 Å². The summed E-state index contributed by atoms with van der Waals surface area (Å²) in [5.74, 6) is -0.557. The van der Waals surface area contributed by atoms with Crippen molar-refractivity contribution in [3.05, 3.63) is 47.8 Å². The van der Waals surface area contributed by atoms with E-state index in [-0.39, 0.29) is 24.9 Å². The van der Waals surface area contributed by atoms with Crippen LogP contribution in [0.1, 0.15) is 50.7 Å². The fourth-order valence-corrected chi connectivity index (χ4v) is 7.44. The summed E-state index contributed by atoms with van der Waals surface area (Å²) in [7, 11) is -3.55. The normalized spacial score (nSPS) is 16.5. The highest BCUT2D eigenvalue weighted by molar-refractivity contribution is 7.89. The molecule has 2 aliphatic heterocycles. The fraction of sp³-hybridized carbons (Fsp3) is 0.500. The van der Waals surface area contributed by atoms with E-state index < -0.39 is 28.5 Å². The van der Waals surface area contributed by atoms with Gasteiger partial charge in [-0.1, -0.05) is 36.8 Å². The number of piperidine rings is 1. The summed E-state index contributed by atoms with van der Waals surface area (Å²) >= 11 is 1.53. The van der Waals surface area contributed by atoms with Gasteiger partial charge >= 0.3 is 5.97 Å². The molecule has 44 heavy (non-hydrogen) atoms. The van der Waals surface area contributed by atoms with Gasteiger partial charge in [0.2, 0.25) is 16.0 Å². The van der Waals surface area contributed by atoms with E-state index >= 15 is 0 Å². The highest BCUT2D eigenvalue weighted by Gasteiger charge is 2.26. The predicted octanol–water partition coefficient (Wildman–Crippen LogP) is 3.18. The first-order valence-corrected chi connectivity index (χ1v) is 17.3. The van der Waals surface area contributed by atoms with E-state index in [0.717, 1.165) is 71.6 Å². The van der Waals surface area contributed by atoms with Crippen LogP contribution in [0.2, 0.25) is 0 Å². The molecule has 0 saturated carbocycles. The van der Waals surface area contributed by atoms with Crippen LogP contribution in [0.15, 0.2) is 36.7 Å². The van der Waals surface area contributed by atoms with E-state index in [4.69, 9.17) is 9.72 Å². The average molecular weight is 643 g/mol. The second kappa shape index (κ2) is 14.4. The highest BCUT2D eigenvalue weighted by atomic mass is 32.2. The summed E-state index contributed by atoms with van der Waals surface area (Å²) in [4.78, 5) is 38.5. The summed E-state index contributed by atoms with van der Waals surface area (Å²) in [6.45, 7) is 5.16. The molecule has 0 aliphatic carbocycles. The second-order valence-corrected chi connectivity index (χ2v) is 14.0. The lowest BCUT2D eigenvalue weighted by Gasteiger charge is -2.31. The summed E-state index contributed by atoms with van der Waals surface area (Å²) in [6.07, 6.45) is 10.3. The van der Waals surface area contributed by atoms with Crippen LogP contribution >= 0.6 is 11.3 Å². The molecule has 2 aliphatic rings. The van der Waals surface area contributed by atoms with E-state index in [1.54, 1.807) is 0 Å². The number of aromatic nitrogens is 3. The standard InChI is InChI=1S/C30H38N6O6S2/c1-3-4-22-18-32-29(33-19-22)35-12-9-25(10-13-35)42-30-34-26-6-5-24(17-27(26)43-30)23-7-14-36(15-8-23)44(39,40)16-11-31-28(38)20-41-21(2)37/h5-7,17-19,25H,3-4,8-16,20H2,1-2H3,(H,31,38). The van der Waals surface area contributed by atoms with Gasteiger partial charge in [0, 0.05) is 64.9 Å². The zero-order valence-corrected chi connectivity index (χ0v) is 26.7. The molecule has 0 radical (unpaired) electrons. The summed E-state index contributed by atoms with van der Waals surface area (Å²) in [5, 5.41) is 3.12. The number of nitrogens with one attached hydrogen (secondary N) is 1. The Balaban J connectivity index is 1.11. The van der Waals surface area contributed by atoms with Crippen LogP contribution in [0, 0.1) is 0 Å². The van der Waals surface area contributed by atoms with Gasteiger partial charge in [0.05, 0.1) is 16.0 Å². The molecular weight excluding hydrogens is 605 g/mol. The van der Waals surface area contributed by atoms with Gasteiger partial charge in [-0.25, -0.2) is 23.4 Å². The van der Waals surface area contributed by atoms with Crippen LogP contribution in [-0.4, -0.2) is 90.7 Å². The van der Waals surface area contributed by atoms with Gasteiger partial charge in [-0.3, -0.25) is 9.59 Å². The molecule has 0 spiro atoms. The Kier molecular flexibility index (Phi) is 10.4. The number of esters is 1. The number of sulfonamides is 1. The molecule has 1 saturated heterocycles. The molecule has 1 fully saturated rings. The second-order valence-electron chi connectivity index (χ2n) is 10.9. The number of thiazole rings is 1. The maximum absolute atomic E-state index is 12.8. The van der Waals surface area contributed by atoms with Gasteiger partial charge in [-0.2, -0.15) is 4.31 Å². The van der Waals surface area contributed by atoms with E-state index in [2.05, 4.69) is 37.9 Å². The van der Waals surface area contributed by atoms with Gasteiger partial charge in [-0.05, 0) is 41.7 Å². The van der Waals surface area contributed by atoms with Crippen molar-refractivity contribution in [2.24, 2.45) is 0 Å². The largest absolute Gasteiger partial charge is 0.467 e. The van der Waals surface area contributed by atoms with E-state index in [1.165, 1.54) is 22.6 Å². The van der Waals surface area contributed by atoms with Crippen LogP contribution in [0.5, 0.6) is 5.19 Å². The SMILES string of the molecule is CCCc1cnc(N2CCC(Oc3nc4ccc(C5=CCN(S(=O)(=O)CCNC(=O)COC(C)=O)CC5)cc4s3)CC2)nc1. The number of hydrogen-bond acceptors (Lipinski definition) is 11. The molecule has 2 aromatic heterocycles. The number of fused-ring (bicyclic) bond motifs is 1. The molecular formula is C30H38N6O6S2. The van der Waals surface area contributed by atoms with Crippen molar-refractivity contribution in [2.45, 2.75) is 52.1 Å². The Morgan fingerprint density at radius 1 is 1.14 bits per heavy atom. The van der Waals surface area contributed by atoms with E-state index in [0.29, 0.717) is 18.2 Å². The number of ether oxygens (including phenoxy) is 2. The third kappa shape index (κ3) is 8.30. The number of amides is 1. The maximum atomic E-state index is 12.8. The molecule has 4 heterocycles. The van der Waals surface area contributed by atoms with Crippen LogP contribution < -0.4 is 15.0 Å². The van der Waals surface area contributed by atoms with Crippen molar-refractivity contribution >= 4 is 55.0 Å². The number of anilines is 1. The zero-order valence-electron chi connectivity index (χ0n) is 25.0. The molecule has 1 N–H and O–H groups in total. The first kappa shape index (κ1) is 31.8. The molecule has 1 amide bonds. The number of rotatable bonds is 12. The van der Waals surface area contributed by atoms with Crippen molar-refractivity contribution in [2.75, 3.05) is 50.0 Å². The molecule has 12 nitrogen and oxygen atoms in total. The lowest BCUT2D eigenvalue weighted by molar-refractivity contribution is -0.146. The third-order valence-corrected chi connectivity index (χ3v) is 10.4. The minimum Gasteiger partial charge on any atom is -0.467 e. The number of carbonyl (C=O) groups is 2. The van der Waals surface area contributed by atoms with Crippen molar-refractivity contribution < 1.29 is 27.5 Å². The molecule has 236 valence electrons. The maximum Gasteiger partial charge on any atom is 0.303 e. The van der Waals surface area contributed by atoms with Crippen LogP contribution in [0.4, 0.5) is 5.95 Å². The number of carbonyl (C=O) groups excluding carboxylic acids is 2. The first-order valence-electron chi connectivity index (χ1n) is 14.9. The van der Waals surface area contributed by atoms with Gasteiger partial charge < -0.3 is 19.7 Å². The van der Waals surface area contributed by atoms with Crippen molar-refractivity contribution in [3.8, 4) is 5.19 Å². The number of nitrogens with zero attached hydrogens (tertiary/aromatic N) is 5. The lowest BCUT2D eigenvalue weighted by Crippen LogP contribution is -2.40. The quantitative estimate of drug-likeness (QED) is 0.293. The number of aryl methyl sites for hydroxylation is 1. The Morgan fingerprint density at radius 3 is 2.59 bits per heavy atom. The Morgan fingerprint density at radius 2 is 1.91 bits per heavy atom. The van der Waals surface area contributed by atoms with Crippen LogP contribution in [0.25, 0.3) is 15.8 Å². The topological polar surface area (TPSA) is 144 Å². The van der Waals surface area contributed by atoms with E-state index in [1.807, 2.05) is 30.6 Å². The smallest absolute Gasteiger partial charge is 0.303 e. The number of benzene rings is 1. The van der Waals surface area contributed by atoms with Crippen LogP contribution in [0.3, 0.4) is 0 Å². The predicted molar refractivity (Wildman–Crippen MR) is 169 cm³/mol. The highest BCUT2D eigenvalue weighted by Crippen LogP contribution is 2.33. The Hall–Kier alpha value is -3.62. The average Bonchev–Trinajstić information content (AvgIpc) is 3.42. The summed E-state index contributed by atoms with van der Waals surface area (Å²) in [5.41, 5.74) is 4.17. The summed E-state index contributed by atoms with van der Waals surface area (Å²) in [6, 6.07) is 6.10. The minimum atomic E-state index is -3.55. The minimum absolute atomic E-state index is 0.0532. The molecule has 5 rings (SSSR count). The van der Waals surface area contributed by atoms with Gasteiger partial charge in [0.25, 0.3) is 11.1 Å². The summed E-state index contributed by atoms with van der Waals surface area (Å²) < 4.78 is 38.9. The van der Waals surface area contributed by atoms with Crippen molar-refractivity contribution in [3.63, 3.8) is 0 Å².